The Morgan fingerprint density at radius 3 is 2.71 bits per heavy atom. The molecule has 1 nitrogen and oxygen atoms in total. The minimum atomic E-state index is 0.629. The Morgan fingerprint density at radius 2 is 2.00 bits per heavy atom. The molecule has 1 aliphatic heterocycles. The molecule has 1 heterocycles. The molecule has 1 heteroatoms. The van der Waals surface area contributed by atoms with Gasteiger partial charge in [0.2, 0.25) is 0 Å². The van der Waals surface area contributed by atoms with Gasteiger partial charge in [-0.2, -0.15) is 0 Å². The number of benzene rings is 1. The van der Waals surface area contributed by atoms with Crippen molar-refractivity contribution < 1.29 is 0 Å². The second-order valence-electron chi connectivity index (χ2n) is 5.03. The van der Waals surface area contributed by atoms with Crippen LogP contribution in [-0.2, 0) is 6.54 Å². The van der Waals surface area contributed by atoms with Gasteiger partial charge < -0.3 is 0 Å². The third kappa shape index (κ3) is 3.19. The molecule has 0 N–H and O–H groups in total. The minimum absolute atomic E-state index is 0.629. The van der Waals surface area contributed by atoms with Crippen molar-refractivity contribution in [3.05, 3.63) is 48.0 Å². The minimum Gasteiger partial charge on any atom is -0.290 e. The highest BCUT2D eigenvalue weighted by molar-refractivity contribution is 5.15. The topological polar surface area (TPSA) is 3.24 Å². The van der Waals surface area contributed by atoms with Crippen molar-refractivity contribution in [3.63, 3.8) is 0 Å². The monoisotopic (exact) mass is 229 g/mol. The number of nitrogens with zero attached hydrogens (tertiary/aromatic N) is 1. The first-order valence-electron chi connectivity index (χ1n) is 6.73. The van der Waals surface area contributed by atoms with Crippen LogP contribution in [0, 0.1) is 0 Å². The van der Waals surface area contributed by atoms with Gasteiger partial charge in [-0.05, 0) is 32.3 Å². The van der Waals surface area contributed by atoms with E-state index < -0.39 is 0 Å². The quantitative estimate of drug-likeness (QED) is 0.708. The molecule has 1 saturated heterocycles. The van der Waals surface area contributed by atoms with Crippen molar-refractivity contribution >= 4 is 0 Å². The van der Waals surface area contributed by atoms with E-state index in [1.54, 1.807) is 0 Å². The highest BCUT2D eigenvalue weighted by atomic mass is 15.2. The smallest absolute Gasteiger partial charge is 0.0284 e. The molecule has 0 bridgehead atoms. The maximum atomic E-state index is 2.64. The molecule has 92 valence electrons. The van der Waals surface area contributed by atoms with Gasteiger partial charge >= 0.3 is 0 Å². The van der Waals surface area contributed by atoms with Gasteiger partial charge in [-0.25, -0.2) is 0 Å². The number of hydrogen-bond acceptors (Lipinski definition) is 1. The van der Waals surface area contributed by atoms with Gasteiger partial charge in [0.15, 0.2) is 0 Å². The first-order chi connectivity index (χ1) is 8.31. The van der Waals surface area contributed by atoms with E-state index in [0.717, 1.165) is 6.54 Å². The molecule has 0 unspecified atom stereocenters. The Kier molecular flexibility index (Phi) is 4.38. The number of piperidine rings is 1. The lowest BCUT2D eigenvalue weighted by Crippen LogP contribution is -2.43. The Bertz CT molecular complexity index is 355. The fourth-order valence-electron chi connectivity index (χ4n) is 2.78. The lowest BCUT2D eigenvalue weighted by Gasteiger charge is -2.39. The summed E-state index contributed by atoms with van der Waals surface area (Å²) >= 11 is 0. The number of rotatable bonds is 3. The molecule has 1 fully saturated rings. The predicted octanol–water partition coefficient (Wildman–Crippen LogP) is 4.01. The average Bonchev–Trinajstić information content (AvgIpc) is 2.35. The summed E-state index contributed by atoms with van der Waals surface area (Å²) in [5.74, 6) is 0. The van der Waals surface area contributed by atoms with Crippen molar-refractivity contribution in [2.75, 3.05) is 0 Å². The summed E-state index contributed by atoms with van der Waals surface area (Å²) in [6.45, 7) is 5.57. The first-order valence-corrected chi connectivity index (χ1v) is 6.73. The van der Waals surface area contributed by atoms with Crippen molar-refractivity contribution in [3.8, 4) is 0 Å². The van der Waals surface area contributed by atoms with Gasteiger partial charge in [0.25, 0.3) is 0 Å². The van der Waals surface area contributed by atoms with Gasteiger partial charge in [-0.1, -0.05) is 48.9 Å². The van der Waals surface area contributed by atoms with E-state index in [1.165, 1.54) is 24.8 Å². The molecule has 17 heavy (non-hydrogen) atoms. The lowest BCUT2D eigenvalue weighted by atomic mass is 9.95. The van der Waals surface area contributed by atoms with E-state index in [-0.39, 0.29) is 0 Å². The van der Waals surface area contributed by atoms with Gasteiger partial charge in [0, 0.05) is 18.6 Å². The Balaban J connectivity index is 2.09. The van der Waals surface area contributed by atoms with Gasteiger partial charge in [0.1, 0.15) is 0 Å². The number of allylic oxidation sites excluding steroid dienone is 1. The largest absolute Gasteiger partial charge is 0.290 e. The standard InChI is InChI=1S/C16H23N/c1-3-8-16-12-7-9-14(2)17(16)13-15-10-5-4-6-11-15/h3-6,8,10-11,14,16H,7,9,12-13H2,1-2H3/b8-3+/t14-,16+/m0/s1. The maximum Gasteiger partial charge on any atom is 0.0284 e. The summed E-state index contributed by atoms with van der Waals surface area (Å²) in [5.41, 5.74) is 1.43. The fraction of sp³-hybridized carbons (Fsp3) is 0.500. The average molecular weight is 229 g/mol. The summed E-state index contributed by atoms with van der Waals surface area (Å²) in [6.07, 6.45) is 8.56. The van der Waals surface area contributed by atoms with Crippen LogP contribution in [0.2, 0.25) is 0 Å². The highest BCUT2D eigenvalue weighted by Gasteiger charge is 2.25. The zero-order chi connectivity index (χ0) is 12.1. The summed E-state index contributed by atoms with van der Waals surface area (Å²) in [7, 11) is 0. The molecule has 0 aromatic heterocycles. The van der Waals surface area contributed by atoms with Crippen molar-refractivity contribution in [1.82, 2.24) is 4.90 Å². The van der Waals surface area contributed by atoms with E-state index in [2.05, 4.69) is 61.2 Å². The Morgan fingerprint density at radius 1 is 1.24 bits per heavy atom. The molecule has 0 aliphatic carbocycles. The normalized spacial score (nSPS) is 26.5. The fourth-order valence-corrected chi connectivity index (χ4v) is 2.78. The van der Waals surface area contributed by atoms with E-state index in [1.807, 2.05) is 0 Å². The Labute approximate surface area is 105 Å². The van der Waals surface area contributed by atoms with E-state index in [9.17, 15) is 0 Å². The molecule has 0 saturated carbocycles. The van der Waals surface area contributed by atoms with Crippen molar-refractivity contribution in [2.45, 2.75) is 51.7 Å². The van der Waals surface area contributed by atoms with E-state index in [0.29, 0.717) is 12.1 Å². The highest BCUT2D eigenvalue weighted by Crippen LogP contribution is 2.25. The van der Waals surface area contributed by atoms with Crippen LogP contribution < -0.4 is 0 Å². The van der Waals surface area contributed by atoms with Crippen LogP contribution in [0.15, 0.2) is 42.5 Å². The summed E-state index contributed by atoms with van der Waals surface area (Å²) in [4.78, 5) is 2.64. The number of likely N-dealkylation sites (tertiary alicyclic amines) is 1. The molecule has 0 spiro atoms. The molecule has 0 amide bonds. The second kappa shape index (κ2) is 6.02. The van der Waals surface area contributed by atoms with Crippen LogP contribution >= 0.6 is 0 Å². The number of hydrogen-bond donors (Lipinski definition) is 0. The molecule has 1 aromatic carbocycles. The molecular weight excluding hydrogens is 206 g/mol. The SMILES string of the molecule is C/C=C/[C@@H]1CCC[C@H](C)N1Cc1ccccc1. The van der Waals surface area contributed by atoms with Crippen LogP contribution in [0.1, 0.15) is 38.7 Å². The van der Waals surface area contributed by atoms with Crippen LogP contribution in [-0.4, -0.2) is 17.0 Å². The first kappa shape index (κ1) is 12.4. The molecular formula is C16H23N. The maximum absolute atomic E-state index is 2.64. The third-order valence-corrected chi connectivity index (χ3v) is 3.74. The molecule has 2 atom stereocenters. The van der Waals surface area contributed by atoms with Crippen LogP contribution in [0.4, 0.5) is 0 Å². The zero-order valence-electron chi connectivity index (χ0n) is 11.0. The summed E-state index contributed by atoms with van der Waals surface area (Å²) < 4.78 is 0. The van der Waals surface area contributed by atoms with Crippen LogP contribution in [0.3, 0.4) is 0 Å². The van der Waals surface area contributed by atoms with Gasteiger partial charge in [0.05, 0.1) is 0 Å². The van der Waals surface area contributed by atoms with Gasteiger partial charge in [-0.15, -0.1) is 0 Å². The lowest BCUT2D eigenvalue weighted by molar-refractivity contribution is 0.111. The third-order valence-electron chi connectivity index (χ3n) is 3.74. The molecule has 2 rings (SSSR count). The van der Waals surface area contributed by atoms with Crippen molar-refractivity contribution in [1.29, 1.82) is 0 Å². The zero-order valence-corrected chi connectivity index (χ0v) is 11.0. The van der Waals surface area contributed by atoms with Crippen molar-refractivity contribution in [2.24, 2.45) is 0 Å². The Hall–Kier alpha value is -1.08. The van der Waals surface area contributed by atoms with Crippen LogP contribution in [0.25, 0.3) is 0 Å². The molecule has 0 radical (unpaired) electrons. The summed E-state index contributed by atoms with van der Waals surface area (Å²) in [6, 6.07) is 12.1. The second-order valence-corrected chi connectivity index (χ2v) is 5.03. The predicted molar refractivity (Wildman–Crippen MR) is 73.9 cm³/mol. The molecule has 1 aromatic rings. The van der Waals surface area contributed by atoms with Gasteiger partial charge in [-0.3, -0.25) is 4.90 Å². The summed E-state index contributed by atoms with van der Waals surface area (Å²) in [5, 5.41) is 0. The van der Waals surface area contributed by atoms with E-state index in [4.69, 9.17) is 0 Å². The van der Waals surface area contributed by atoms with Crippen LogP contribution in [0.5, 0.6) is 0 Å². The molecule has 1 aliphatic rings. The van der Waals surface area contributed by atoms with E-state index >= 15 is 0 Å².